The second-order valence-electron chi connectivity index (χ2n) is 37.6. The van der Waals surface area contributed by atoms with E-state index in [-0.39, 0.29) is 108 Å². The number of aliphatic hydroxyl groups excluding tert-OH is 2. The van der Waals surface area contributed by atoms with E-state index in [9.17, 15) is 24.0 Å². The monoisotopic (exact) mass is 1670 g/mol. The van der Waals surface area contributed by atoms with Crippen LogP contribution < -0.4 is 0 Å². The maximum absolute atomic E-state index is 10.8. The molecule has 114 heavy (non-hydrogen) atoms. The first-order valence-electron chi connectivity index (χ1n) is 41.7. The van der Waals surface area contributed by atoms with Crippen molar-refractivity contribution in [2.45, 2.75) is 343 Å². The number of esters is 3. The fourth-order valence-electron chi connectivity index (χ4n) is 12.1. The summed E-state index contributed by atoms with van der Waals surface area (Å²) in [5.74, 6) is -0.173. The molecule has 6 unspecified atom stereocenters. The summed E-state index contributed by atoms with van der Waals surface area (Å²) in [4.78, 5) is 53.4. The Bertz CT molecular complexity index is 3020. The number of hydrogen-bond acceptors (Lipinski definition) is 15. The fourth-order valence-corrected chi connectivity index (χ4v) is 13.1. The number of aliphatic carboxylic acids is 1. The molecule has 0 heterocycles. The molecule has 0 saturated carbocycles. The van der Waals surface area contributed by atoms with Crippen molar-refractivity contribution in [3.05, 3.63) is 108 Å². The topological polar surface area (TPSA) is 220 Å². The lowest BCUT2D eigenvalue weighted by atomic mass is 9.67. The van der Waals surface area contributed by atoms with Crippen molar-refractivity contribution >= 4 is 61.2 Å². The highest BCUT2D eigenvalue weighted by Crippen LogP contribution is 2.52. The molecule has 3 N–H and O–H groups in total. The van der Waals surface area contributed by atoms with E-state index in [0.717, 1.165) is 91.0 Å². The molecule has 666 valence electrons. The first-order chi connectivity index (χ1) is 51.9. The molecular weight excluding hydrogens is 1500 g/mol. The second-order valence-corrected chi connectivity index (χ2v) is 43.1. The van der Waals surface area contributed by atoms with Gasteiger partial charge >= 0.3 is 23.9 Å². The van der Waals surface area contributed by atoms with Gasteiger partial charge in [-0.05, 0) is 225 Å². The molecule has 0 bridgehead atoms. The van der Waals surface area contributed by atoms with Crippen LogP contribution in [0.3, 0.4) is 0 Å². The lowest BCUT2D eigenvalue weighted by Crippen LogP contribution is -2.40. The van der Waals surface area contributed by atoms with E-state index in [1.54, 1.807) is 19.1 Å². The Morgan fingerprint density at radius 1 is 0.579 bits per heavy atom. The highest BCUT2D eigenvalue weighted by molar-refractivity contribution is 6.74. The number of carbonyl (C=O) groups is 5. The lowest BCUT2D eigenvalue weighted by molar-refractivity contribution is -0.145. The van der Waals surface area contributed by atoms with Crippen LogP contribution in [0.15, 0.2) is 108 Å². The highest BCUT2D eigenvalue weighted by Gasteiger charge is 2.45. The van der Waals surface area contributed by atoms with Crippen LogP contribution in [0.5, 0.6) is 0 Å². The average molecular weight is 1670 g/mol. The summed E-state index contributed by atoms with van der Waals surface area (Å²) in [6.45, 7) is 87.6. The minimum atomic E-state index is -1.84. The van der Waals surface area contributed by atoms with Crippen LogP contribution in [0, 0.1) is 60.1 Å². The summed E-state index contributed by atoms with van der Waals surface area (Å²) in [6.07, 6.45) is 32.8. The molecule has 0 aliphatic heterocycles. The SMILES string of the molecule is C/C=C/C(=O)OCC(C)C.C=C(OC1C=C(C)C(C)(C)C1)O[Si](C)(C)C(C)(C)C.CC(=O)OC1C=C(C)C(C)(C)C1.CC(=O)OCCC1(C)C=CCC1(C)C.CC1(C)CC=CC1(C)CC(=O)O.CC1(C)CC=CC1(C)CCO.CC1=CC(=O)CC1(C)C.CC1=CC(O)CC1(C)C.CCOCC.CCOCC.CCOCC.ClCCl. The van der Waals surface area contributed by atoms with E-state index in [2.05, 4.69) is 208 Å². The fraction of sp³-hybridized carbons (Fsp3) is 0.758. The largest absolute Gasteiger partial charge is 0.519 e. The molecule has 7 aliphatic rings. The summed E-state index contributed by atoms with van der Waals surface area (Å²) in [5.41, 5.74) is 6.93. The van der Waals surface area contributed by atoms with Crippen molar-refractivity contribution < 1.29 is 76.9 Å². The van der Waals surface area contributed by atoms with Gasteiger partial charge in [-0.2, -0.15) is 0 Å². The van der Waals surface area contributed by atoms with Crippen molar-refractivity contribution in [3.8, 4) is 0 Å². The van der Waals surface area contributed by atoms with Gasteiger partial charge in [0.2, 0.25) is 0 Å². The molecule has 0 saturated heterocycles. The highest BCUT2D eigenvalue weighted by atomic mass is 35.5. The van der Waals surface area contributed by atoms with Gasteiger partial charge in [-0.25, -0.2) is 4.79 Å². The Balaban J connectivity index is -0.000000388. The van der Waals surface area contributed by atoms with Crippen LogP contribution in [-0.2, 0) is 61.6 Å². The molecule has 6 atom stereocenters. The number of rotatable bonds is 21. The first kappa shape index (κ1) is 118. The maximum atomic E-state index is 10.8. The number of aliphatic hydroxyl groups is 2. The molecule has 16 nitrogen and oxygen atoms in total. The Labute approximate surface area is 709 Å². The predicted molar refractivity (Wildman–Crippen MR) is 483 cm³/mol. The first-order valence-corrected chi connectivity index (χ1v) is 45.7. The third-order valence-electron chi connectivity index (χ3n) is 23.6. The van der Waals surface area contributed by atoms with E-state index < -0.39 is 14.3 Å². The number of ether oxygens (including phenoxy) is 7. The molecule has 7 aliphatic carbocycles. The Morgan fingerprint density at radius 2 is 0.947 bits per heavy atom. The van der Waals surface area contributed by atoms with Gasteiger partial charge < -0.3 is 52.9 Å². The van der Waals surface area contributed by atoms with Crippen LogP contribution in [0.4, 0.5) is 0 Å². The van der Waals surface area contributed by atoms with Crippen LogP contribution in [-0.4, -0.2) is 136 Å². The Kier molecular flexibility index (Phi) is 58.0. The van der Waals surface area contributed by atoms with Gasteiger partial charge in [0.1, 0.15) is 12.2 Å². The number of halogens is 2. The Hall–Kier alpha value is -4.59. The van der Waals surface area contributed by atoms with E-state index in [0.29, 0.717) is 43.5 Å². The minimum Gasteiger partial charge on any atom is -0.519 e. The van der Waals surface area contributed by atoms with Gasteiger partial charge in [0.25, 0.3) is 14.3 Å². The van der Waals surface area contributed by atoms with Crippen molar-refractivity contribution in [2.75, 3.05) is 64.8 Å². The number of allylic oxidation sites excluding steroid dienone is 12. The van der Waals surface area contributed by atoms with E-state index in [1.807, 2.05) is 87.5 Å². The van der Waals surface area contributed by atoms with Gasteiger partial charge in [-0.15, -0.1) is 23.2 Å². The quantitative estimate of drug-likeness (QED) is 0.0185. The van der Waals surface area contributed by atoms with Gasteiger partial charge in [-0.1, -0.05) is 223 Å². The molecule has 0 fully saturated rings. The molecule has 0 aromatic heterocycles. The van der Waals surface area contributed by atoms with Gasteiger partial charge in [0.15, 0.2) is 5.78 Å². The maximum Gasteiger partial charge on any atom is 0.330 e. The molecule has 0 aromatic carbocycles. The van der Waals surface area contributed by atoms with Crippen LogP contribution >= 0.6 is 23.2 Å². The van der Waals surface area contributed by atoms with Crippen LogP contribution in [0.2, 0.25) is 18.1 Å². The average Bonchev–Trinajstić information content (AvgIpc) is 1.62. The van der Waals surface area contributed by atoms with Crippen molar-refractivity contribution in [1.29, 1.82) is 0 Å². The zero-order valence-corrected chi connectivity index (χ0v) is 82.0. The molecule has 0 radical (unpaired) electrons. The lowest BCUT2D eigenvalue weighted by Gasteiger charge is -2.37. The molecule has 7 rings (SSSR count). The molecule has 19 heteroatoms. The van der Waals surface area contributed by atoms with Gasteiger partial charge in [0.05, 0.1) is 31.1 Å². The van der Waals surface area contributed by atoms with E-state index in [1.165, 1.54) is 42.2 Å². The zero-order chi connectivity index (χ0) is 90.4. The second kappa shape index (κ2) is 56.0. The molecule has 0 spiro atoms. The zero-order valence-electron chi connectivity index (χ0n) is 79.5. The number of carboxylic acid groups (broad SMARTS) is 1. The van der Waals surface area contributed by atoms with E-state index >= 15 is 0 Å². The van der Waals surface area contributed by atoms with Crippen molar-refractivity contribution in [1.82, 2.24) is 0 Å². The summed E-state index contributed by atoms with van der Waals surface area (Å²) in [5, 5.41) is 27.1. The number of alkyl halides is 2. The molecular formula is C95H172Cl2O16Si. The van der Waals surface area contributed by atoms with Crippen molar-refractivity contribution in [2.24, 2.45) is 60.1 Å². The minimum absolute atomic E-state index is 0.00231. The summed E-state index contributed by atoms with van der Waals surface area (Å²) in [6, 6.07) is 0. The van der Waals surface area contributed by atoms with Crippen LogP contribution in [0.25, 0.3) is 0 Å². The summed E-state index contributed by atoms with van der Waals surface area (Å²) in [7, 11) is -1.84. The predicted octanol–water partition coefficient (Wildman–Crippen LogP) is 25.2. The third kappa shape index (κ3) is 48.5. The Morgan fingerprint density at radius 3 is 1.18 bits per heavy atom. The number of ketones is 1. The number of carbonyl (C=O) groups excluding carboxylic acids is 4. The van der Waals surface area contributed by atoms with Crippen LogP contribution in [0.1, 0.15) is 307 Å². The number of carboxylic acids is 1. The molecule has 0 amide bonds. The molecule has 0 aromatic rings. The third-order valence-corrected chi connectivity index (χ3v) is 28.0. The smallest absolute Gasteiger partial charge is 0.330 e. The van der Waals surface area contributed by atoms with E-state index in [4.69, 9.17) is 76.1 Å². The number of hydrogen-bond donors (Lipinski definition) is 3. The summed E-state index contributed by atoms with van der Waals surface area (Å²) < 4.78 is 41.4. The van der Waals surface area contributed by atoms with Gasteiger partial charge in [-0.3, -0.25) is 19.2 Å². The van der Waals surface area contributed by atoms with Gasteiger partial charge in [0, 0.05) is 78.0 Å². The normalized spacial score (nSPS) is 23.6. The standard InChI is InChI=1S/C16H30O2Si.C12H20O2.2C10H16O2.C10H18O.C8H14O2.C8H14O.C8H12O.3C4H10O.CH2Cl2/c1-12-10-14(11-16(12,6)7)17-13(2)18-19(8,9)15(3,4)5;1-10(13)14-9-8-12(4)7-5-6-11(12,2)3;1-7-5-9(12-8(2)11)6-10(7,3)4;1-9(2)5-4-6-10(9,3)7-8(11)12;1-9(2)5-4-6-10(9,3)7-8-11;1-4-5-8(9)10-6-7(2)3;2*1-6-4-7(9)5-8(6,2)3;3*1-3-5-4-2;2-1-3/h10,14H,2,11H2,1,3-9H3;5,7H,6,8-9H2,1-4H3;5,9H,6H2,1-4H3;4,6H,5,7H2,1-3H3,(H,11,12);4,6,11H,5,7-8H2,1-3H3;4-5,7H,6H2,1-3H3;4,7,9H,5H2,1-3H3;4H,5H2,1-3H3;3*3-4H2,1-2H3;1H2/b;;;;;5-4+;;;;;;. The van der Waals surface area contributed by atoms with Crippen molar-refractivity contribution in [3.63, 3.8) is 0 Å². The summed E-state index contributed by atoms with van der Waals surface area (Å²) >= 11 is 9.53.